The summed E-state index contributed by atoms with van der Waals surface area (Å²) >= 11 is 5.72. The third-order valence-electron chi connectivity index (χ3n) is 2.79. The molecule has 0 bridgehead atoms. The zero-order chi connectivity index (χ0) is 15.6. The van der Waals surface area contributed by atoms with E-state index in [1.165, 1.54) is 13.2 Å². The van der Waals surface area contributed by atoms with Gasteiger partial charge in [-0.05, 0) is 30.3 Å². The van der Waals surface area contributed by atoms with Gasteiger partial charge in [0, 0.05) is 10.7 Å². The van der Waals surface area contributed by atoms with Crippen molar-refractivity contribution in [2.75, 3.05) is 18.2 Å². The summed E-state index contributed by atoms with van der Waals surface area (Å²) in [6.07, 6.45) is -4.47. The normalized spacial score (nSPS) is 11.3. The minimum absolute atomic E-state index is 0.0196. The first-order valence-electron chi connectivity index (χ1n) is 5.88. The van der Waals surface area contributed by atoms with E-state index in [9.17, 15) is 13.2 Å². The van der Waals surface area contributed by atoms with Crippen molar-refractivity contribution >= 4 is 28.7 Å². The monoisotopic (exact) mass is 316 g/mol. The molecule has 2 aromatic rings. The molecule has 0 saturated heterocycles. The van der Waals surface area contributed by atoms with Crippen molar-refractivity contribution < 1.29 is 17.9 Å². The molecule has 0 fully saturated rings. The van der Waals surface area contributed by atoms with Gasteiger partial charge in [-0.3, -0.25) is 0 Å². The van der Waals surface area contributed by atoms with Crippen LogP contribution < -0.4 is 15.8 Å². The van der Waals surface area contributed by atoms with Crippen LogP contribution in [0.3, 0.4) is 0 Å². The molecule has 0 heterocycles. The van der Waals surface area contributed by atoms with Crippen LogP contribution in [0.2, 0.25) is 5.02 Å². The minimum Gasteiger partial charge on any atom is -0.495 e. The van der Waals surface area contributed by atoms with Crippen LogP contribution in [-0.4, -0.2) is 7.11 Å². The number of benzene rings is 2. The number of alkyl halides is 3. The van der Waals surface area contributed by atoms with Crippen molar-refractivity contribution in [2.24, 2.45) is 0 Å². The van der Waals surface area contributed by atoms with Crippen molar-refractivity contribution in [1.29, 1.82) is 0 Å². The first kappa shape index (κ1) is 15.3. The molecule has 0 spiro atoms. The van der Waals surface area contributed by atoms with Crippen molar-refractivity contribution in [3.8, 4) is 5.75 Å². The Morgan fingerprint density at radius 1 is 1.19 bits per heavy atom. The zero-order valence-corrected chi connectivity index (χ0v) is 11.7. The van der Waals surface area contributed by atoms with Crippen molar-refractivity contribution in [3.05, 3.63) is 47.0 Å². The van der Waals surface area contributed by atoms with Crippen LogP contribution in [0.25, 0.3) is 0 Å². The summed E-state index contributed by atoms with van der Waals surface area (Å²) in [5, 5.41) is 2.79. The lowest BCUT2D eigenvalue weighted by molar-refractivity contribution is -0.137. The molecule has 112 valence electrons. The largest absolute Gasteiger partial charge is 0.495 e. The van der Waals surface area contributed by atoms with Crippen LogP contribution >= 0.6 is 11.6 Å². The molecule has 7 heteroatoms. The molecule has 0 radical (unpaired) electrons. The van der Waals surface area contributed by atoms with Gasteiger partial charge in [-0.25, -0.2) is 0 Å². The Morgan fingerprint density at radius 2 is 1.90 bits per heavy atom. The van der Waals surface area contributed by atoms with Gasteiger partial charge in [-0.15, -0.1) is 0 Å². The van der Waals surface area contributed by atoms with Gasteiger partial charge >= 0.3 is 6.18 Å². The third kappa shape index (κ3) is 3.52. The highest BCUT2D eigenvalue weighted by atomic mass is 35.5. The fourth-order valence-corrected chi connectivity index (χ4v) is 2.05. The van der Waals surface area contributed by atoms with Gasteiger partial charge < -0.3 is 15.8 Å². The molecule has 3 N–H and O–H groups in total. The number of nitrogen functional groups attached to an aromatic ring is 1. The van der Waals surface area contributed by atoms with E-state index in [0.717, 1.165) is 12.1 Å². The van der Waals surface area contributed by atoms with E-state index in [2.05, 4.69) is 5.32 Å². The summed E-state index contributed by atoms with van der Waals surface area (Å²) in [7, 11) is 1.45. The average Bonchev–Trinajstić information content (AvgIpc) is 2.39. The van der Waals surface area contributed by atoms with Gasteiger partial charge in [0.05, 0.1) is 24.0 Å². The standard InChI is InChI=1S/C14H12ClF3N2O/c1-21-12-4-2-3-11(13(12)19)20-10-6-8(14(16,17)18)5-9(15)7-10/h2-7,20H,19H2,1H3. The second-order valence-electron chi connectivity index (χ2n) is 4.27. The summed E-state index contributed by atoms with van der Waals surface area (Å²) in [6, 6.07) is 8.17. The quantitative estimate of drug-likeness (QED) is 0.807. The summed E-state index contributed by atoms with van der Waals surface area (Å²) in [4.78, 5) is 0. The molecule has 21 heavy (non-hydrogen) atoms. The number of halogens is 4. The number of nitrogens with two attached hydrogens (primary N) is 1. The van der Waals surface area contributed by atoms with Gasteiger partial charge in [0.15, 0.2) is 0 Å². The van der Waals surface area contributed by atoms with Gasteiger partial charge in [-0.1, -0.05) is 17.7 Å². The van der Waals surface area contributed by atoms with Crippen LogP contribution in [0.5, 0.6) is 5.75 Å². The smallest absolute Gasteiger partial charge is 0.416 e. The molecule has 0 aliphatic heterocycles. The predicted octanol–water partition coefficient (Wildman–Crippen LogP) is 4.69. The van der Waals surface area contributed by atoms with Crippen LogP contribution in [0.15, 0.2) is 36.4 Å². The Morgan fingerprint density at radius 3 is 2.52 bits per heavy atom. The van der Waals surface area contributed by atoms with Gasteiger partial charge in [0.25, 0.3) is 0 Å². The number of ether oxygens (including phenoxy) is 1. The van der Waals surface area contributed by atoms with Gasteiger partial charge in [0.1, 0.15) is 5.75 Å². The molecule has 0 amide bonds. The summed E-state index contributed by atoms with van der Waals surface area (Å²) in [5.41, 5.74) is 5.95. The Labute approximate surface area is 124 Å². The highest BCUT2D eigenvalue weighted by Crippen LogP contribution is 2.36. The number of hydrogen-bond donors (Lipinski definition) is 2. The molecule has 0 saturated carbocycles. The van der Waals surface area contributed by atoms with E-state index < -0.39 is 11.7 Å². The SMILES string of the molecule is COc1cccc(Nc2cc(Cl)cc(C(F)(F)F)c2)c1N. The molecular formula is C14H12ClF3N2O. The number of methoxy groups -OCH3 is 1. The number of rotatable bonds is 3. The van der Waals surface area contributed by atoms with E-state index in [1.54, 1.807) is 18.2 Å². The lowest BCUT2D eigenvalue weighted by atomic mass is 10.1. The zero-order valence-electron chi connectivity index (χ0n) is 11.0. The molecule has 0 unspecified atom stereocenters. The molecule has 2 aromatic carbocycles. The maximum Gasteiger partial charge on any atom is 0.416 e. The van der Waals surface area contributed by atoms with E-state index in [4.69, 9.17) is 22.1 Å². The summed E-state index contributed by atoms with van der Waals surface area (Å²) in [6.45, 7) is 0. The van der Waals surface area contributed by atoms with Crippen molar-refractivity contribution in [1.82, 2.24) is 0 Å². The summed E-state index contributed by atoms with van der Waals surface area (Å²) < 4.78 is 43.3. The fraction of sp³-hybridized carbons (Fsp3) is 0.143. The van der Waals surface area contributed by atoms with E-state index in [1.807, 2.05) is 0 Å². The molecule has 0 aromatic heterocycles. The highest BCUT2D eigenvalue weighted by Gasteiger charge is 2.31. The number of para-hydroxylation sites is 1. The minimum atomic E-state index is -4.47. The Balaban J connectivity index is 2.38. The van der Waals surface area contributed by atoms with Crippen molar-refractivity contribution in [3.63, 3.8) is 0 Å². The molecular weight excluding hydrogens is 305 g/mol. The Kier molecular flexibility index (Phi) is 4.18. The average molecular weight is 317 g/mol. The van der Waals surface area contributed by atoms with E-state index in [-0.39, 0.29) is 10.7 Å². The third-order valence-corrected chi connectivity index (χ3v) is 3.01. The molecule has 0 aliphatic carbocycles. The van der Waals surface area contributed by atoms with Crippen LogP contribution in [0.4, 0.5) is 30.2 Å². The van der Waals surface area contributed by atoms with E-state index >= 15 is 0 Å². The topological polar surface area (TPSA) is 47.3 Å². The maximum absolute atomic E-state index is 12.8. The van der Waals surface area contributed by atoms with Gasteiger partial charge in [0.2, 0.25) is 0 Å². The van der Waals surface area contributed by atoms with Crippen LogP contribution in [0, 0.1) is 0 Å². The van der Waals surface area contributed by atoms with Crippen LogP contribution in [-0.2, 0) is 6.18 Å². The fourth-order valence-electron chi connectivity index (χ4n) is 1.81. The van der Waals surface area contributed by atoms with Crippen LogP contribution in [0.1, 0.15) is 5.56 Å². The molecule has 2 rings (SSSR count). The second kappa shape index (κ2) is 5.73. The number of anilines is 3. The van der Waals surface area contributed by atoms with Gasteiger partial charge in [-0.2, -0.15) is 13.2 Å². The second-order valence-corrected chi connectivity index (χ2v) is 4.71. The molecule has 0 atom stereocenters. The Bertz CT molecular complexity index is 659. The molecule has 0 aliphatic rings. The maximum atomic E-state index is 12.8. The summed E-state index contributed by atoms with van der Waals surface area (Å²) in [5.74, 6) is 0.429. The first-order chi connectivity index (χ1) is 9.81. The Hall–Kier alpha value is -2.08. The first-order valence-corrected chi connectivity index (χ1v) is 6.26. The molecule has 3 nitrogen and oxygen atoms in total. The lowest BCUT2D eigenvalue weighted by Gasteiger charge is -2.14. The number of nitrogens with one attached hydrogen (secondary N) is 1. The predicted molar refractivity (Wildman–Crippen MR) is 77.1 cm³/mol. The highest BCUT2D eigenvalue weighted by molar-refractivity contribution is 6.31. The number of hydrogen-bond acceptors (Lipinski definition) is 3. The lowest BCUT2D eigenvalue weighted by Crippen LogP contribution is -2.06. The van der Waals surface area contributed by atoms with Crippen molar-refractivity contribution in [2.45, 2.75) is 6.18 Å². The van der Waals surface area contributed by atoms with E-state index in [0.29, 0.717) is 17.1 Å².